The Morgan fingerprint density at radius 3 is 2.92 bits per heavy atom. The Balaban J connectivity index is 1.53. The summed E-state index contributed by atoms with van der Waals surface area (Å²) >= 11 is 0. The van der Waals surface area contributed by atoms with E-state index in [1.807, 2.05) is 30.0 Å². The maximum atomic E-state index is 12.9. The molecule has 2 aliphatic rings. The van der Waals surface area contributed by atoms with Gasteiger partial charge in [0.15, 0.2) is 0 Å². The molecule has 130 valence electrons. The van der Waals surface area contributed by atoms with Crippen molar-refractivity contribution in [1.29, 1.82) is 0 Å². The first-order valence-electron chi connectivity index (χ1n) is 8.87. The number of nitrogens with zero attached hydrogens (tertiary/aromatic N) is 2. The molecule has 1 saturated heterocycles. The number of carbonyl (C=O) groups is 1. The van der Waals surface area contributed by atoms with Crippen molar-refractivity contribution in [1.82, 2.24) is 9.88 Å². The molecule has 25 heavy (non-hydrogen) atoms. The van der Waals surface area contributed by atoms with E-state index in [-0.39, 0.29) is 12.0 Å². The Bertz CT molecular complexity index is 798. The van der Waals surface area contributed by atoms with Gasteiger partial charge in [-0.15, -0.1) is 0 Å². The van der Waals surface area contributed by atoms with E-state index < -0.39 is 0 Å². The lowest BCUT2D eigenvalue weighted by Crippen LogP contribution is -2.42. The van der Waals surface area contributed by atoms with Crippen LogP contribution in [0.3, 0.4) is 0 Å². The molecule has 0 unspecified atom stereocenters. The maximum Gasteiger partial charge on any atom is 0.254 e. The molecule has 1 atom stereocenters. The number of amides is 1. The molecule has 2 N–H and O–H groups in total. The molecule has 2 aromatic rings. The van der Waals surface area contributed by atoms with E-state index in [1.165, 1.54) is 17.5 Å². The number of hydrogen-bond acceptors (Lipinski definition) is 4. The number of benzene rings is 1. The third-order valence-corrected chi connectivity index (χ3v) is 5.02. The van der Waals surface area contributed by atoms with Gasteiger partial charge >= 0.3 is 0 Å². The number of aromatic nitrogens is 1. The average molecular weight is 337 g/mol. The van der Waals surface area contributed by atoms with Crippen molar-refractivity contribution in [3.8, 4) is 0 Å². The van der Waals surface area contributed by atoms with E-state index in [2.05, 4.69) is 17.1 Å². The zero-order valence-corrected chi connectivity index (χ0v) is 14.5. The minimum absolute atomic E-state index is 0.0728. The molecule has 4 rings (SSSR count). The maximum absolute atomic E-state index is 12.9. The monoisotopic (exact) mass is 337 g/mol. The number of nitrogens with two attached hydrogens (primary N) is 1. The van der Waals surface area contributed by atoms with Gasteiger partial charge in [0.1, 0.15) is 6.10 Å². The van der Waals surface area contributed by atoms with E-state index in [4.69, 9.17) is 10.5 Å². The lowest BCUT2D eigenvalue weighted by molar-refractivity contribution is -0.0247. The summed E-state index contributed by atoms with van der Waals surface area (Å²) in [6, 6.07) is 9.80. The number of morpholine rings is 1. The molecule has 0 radical (unpaired) electrons. The highest BCUT2D eigenvalue weighted by atomic mass is 16.5. The van der Waals surface area contributed by atoms with Crippen molar-refractivity contribution < 1.29 is 9.53 Å². The van der Waals surface area contributed by atoms with Gasteiger partial charge in [-0.25, -0.2) is 0 Å². The Morgan fingerprint density at radius 1 is 1.24 bits per heavy atom. The Morgan fingerprint density at radius 2 is 2.08 bits per heavy atom. The topological polar surface area (TPSA) is 68.5 Å². The molecule has 0 bridgehead atoms. The molecule has 1 amide bonds. The summed E-state index contributed by atoms with van der Waals surface area (Å²) < 4.78 is 5.85. The summed E-state index contributed by atoms with van der Waals surface area (Å²) in [6.07, 6.45) is 3.17. The van der Waals surface area contributed by atoms with Gasteiger partial charge in [-0.05, 0) is 61.6 Å². The Labute approximate surface area is 147 Å². The summed E-state index contributed by atoms with van der Waals surface area (Å²) in [5.74, 6) is 0.0728. The van der Waals surface area contributed by atoms with E-state index in [1.54, 1.807) is 0 Å². The molecule has 1 aliphatic heterocycles. The van der Waals surface area contributed by atoms with Crippen molar-refractivity contribution in [2.75, 3.05) is 25.4 Å². The van der Waals surface area contributed by atoms with E-state index in [0.717, 1.165) is 29.8 Å². The van der Waals surface area contributed by atoms with Gasteiger partial charge in [0.05, 0.1) is 18.8 Å². The van der Waals surface area contributed by atoms with Crippen LogP contribution in [-0.4, -0.2) is 35.5 Å². The first-order valence-corrected chi connectivity index (χ1v) is 8.87. The second-order valence-corrected chi connectivity index (χ2v) is 6.91. The van der Waals surface area contributed by atoms with Gasteiger partial charge in [0, 0.05) is 23.5 Å². The predicted octanol–water partition coefficient (Wildman–Crippen LogP) is 2.67. The summed E-state index contributed by atoms with van der Waals surface area (Å²) in [4.78, 5) is 19.3. The number of pyridine rings is 1. The summed E-state index contributed by atoms with van der Waals surface area (Å²) in [6.45, 7) is 3.53. The predicted molar refractivity (Wildman–Crippen MR) is 96.4 cm³/mol. The van der Waals surface area contributed by atoms with Crippen LogP contribution in [0.1, 0.15) is 45.4 Å². The van der Waals surface area contributed by atoms with Crippen LogP contribution in [0.15, 0.2) is 30.3 Å². The van der Waals surface area contributed by atoms with Crippen LogP contribution in [0.5, 0.6) is 0 Å². The zero-order chi connectivity index (χ0) is 17.4. The third kappa shape index (κ3) is 3.24. The lowest BCUT2D eigenvalue weighted by atomic mass is 10.0. The largest absolute Gasteiger partial charge is 0.399 e. The number of rotatable bonds is 2. The fraction of sp³-hybridized carbons (Fsp3) is 0.400. The van der Waals surface area contributed by atoms with Crippen LogP contribution >= 0.6 is 0 Å². The van der Waals surface area contributed by atoms with Crippen LogP contribution in [0.4, 0.5) is 5.69 Å². The standard InChI is InChI=1S/C20H23N3O2/c1-13-9-17(21)11-18(22-13)19-12-23(7-8-25-19)20(24)16-6-5-14-3-2-4-15(14)10-16/h5-6,9-11,19H,2-4,7-8,12H2,1H3,(H2,21,22)/t19-/m0/s1. The van der Waals surface area contributed by atoms with Crippen LogP contribution < -0.4 is 5.73 Å². The molecule has 5 heteroatoms. The molecule has 2 heterocycles. The van der Waals surface area contributed by atoms with Gasteiger partial charge in [-0.1, -0.05) is 6.07 Å². The highest BCUT2D eigenvalue weighted by Gasteiger charge is 2.27. The lowest BCUT2D eigenvalue weighted by Gasteiger charge is -2.33. The zero-order valence-electron chi connectivity index (χ0n) is 14.5. The van der Waals surface area contributed by atoms with Gasteiger partial charge in [-0.2, -0.15) is 0 Å². The highest BCUT2D eigenvalue weighted by molar-refractivity contribution is 5.94. The van der Waals surface area contributed by atoms with Crippen LogP contribution in [0, 0.1) is 6.92 Å². The second kappa shape index (κ2) is 6.48. The average Bonchev–Trinajstić information content (AvgIpc) is 3.08. The van der Waals surface area contributed by atoms with Crippen molar-refractivity contribution >= 4 is 11.6 Å². The summed E-state index contributed by atoms with van der Waals surface area (Å²) in [5.41, 5.74) is 11.7. The molecule has 5 nitrogen and oxygen atoms in total. The minimum Gasteiger partial charge on any atom is -0.399 e. The van der Waals surface area contributed by atoms with Gasteiger partial charge in [-0.3, -0.25) is 9.78 Å². The molecule has 0 saturated carbocycles. The molecule has 0 spiro atoms. The van der Waals surface area contributed by atoms with E-state index >= 15 is 0 Å². The summed E-state index contributed by atoms with van der Waals surface area (Å²) in [5, 5.41) is 0. The quantitative estimate of drug-likeness (QED) is 0.915. The SMILES string of the molecule is Cc1cc(N)cc([C@@H]2CN(C(=O)c3ccc4c(c3)CCC4)CCO2)n1. The molecular weight excluding hydrogens is 314 g/mol. The molecule has 1 aromatic heterocycles. The van der Waals surface area contributed by atoms with Crippen LogP contribution in [0.25, 0.3) is 0 Å². The Hall–Kier alpha value is -2.40. The number of carbonyl (C=O) groups excluding carboxylic acids is 1. The summed E-state index contributed by atoms with van der Waals surface area (Å²) in [7, 11) is 0. The number of fused-ring (bicyclic) bond motifs is 1. The normalized spacial score (nSPS) is 19.7. The molecular formula is C20H23N3O2. The fourth-order valence-corrected chi connectivity index (χ4v) is 3.79. The number of aryl methyl sites for hydroxylation is 3. The third-order valence-electron chi connectivity index (χ3n) is 5.02. The van der Waals surface area contributed by atoms with Crippen LogP contribution in [-0.2, 0) is 17.6 Å². The minimum atomic E-state index is -0.227. The van der Waals surface area contributed by atoms with Gasteiger partial charge in [0.25, 0.3) is 5.91 Å². The van der Waals surface area contributed by atoms with Gasteiger partial charge in [0.2, 0.25) is 0 Å². The molecule has 1 aliphatic carbocycles. The number of nitrogen functional groups attached to an aromatic ring is 1. The first kappa shape index (κ1) is 16.1. The fourth-order valence-electron chi connectivity index (χ4n) is 3.79. The second-order valence-electron chi connectivity index (χ2n) is 6.91. The van der Waals surface area contributed by atoms with Crippen molar-refractivity contribution in [2.24, 2.45) is 0 Å². The van der Waals surface area contributed by atoms with Crippen molar-refractivity contribution in [2.45, 2.75) is 32.3 Å². The van der Waals surface area contributed by atoms with E-state index in [9.17, 15) is 4.79 Å². The van der Waals surface area contributed by atoms with E-state index in [0.29, 0.717) is 25.4 Å². The molecule has 1 fully saturated rings. The van der Waals surface area contributed by atoms with Gasteiger partial charge < -0.3 is 15.4 Å². The smallest absolute Gasteiger partial charge is 0.254 e. The van der Waals surface area contributed by atoms with Crippen molar-refractivity contribution in [3.05, 3.63) is 58.4 Å². The number of anilines is 1. The molecule has 1 aromatic carbocycles. The Kier molecular flexibility index (Phi) is 4.17. The number of ether oxygens (including phenoxy) is 1. The van der Waals surface area contributed by atoms with Crippen molar-refractivity contribution in [3.63, 3.8) is 0 Å². The first-order chi connectivity index (χ1) is 12.1. The highest BCUT2D eigenvalue weighted by Crippen LogP contribution is 2.26. The number of hydrogen-bond donors (Lipinski definition) is 1. The van der Waals surface area contributed by atoms with Crippen LogP contribution in [0.2, 0.25) is 0 Å².